The minimum atomic E-state index is 0.00297. The van der Waals surface area contributed by atoms with Crippen molar-refractivity contribution in [2.45, 2.75) is 50.6 Å². The molecule has 8 heteroatoms. The lowest BCUT2D eigenvalue weighted by Crippen LogP contribution is -2.51. The Balaban J connectivity index is 1.36. The number of halogens is 1. The summed E-state index contributed by atoms with van der Waals surface area (Å²) in [5.41, 5.74) is 3.61. The molecule has 5 heterocycles. The second-order valence-electron chi connectivity index (χ2n) is 9.19. The molecular weight excluding hydrogens is 438 g/mol. The number of nitrogens with zero attached hydrogens (tertiary/aromatic N) is 3. The van der Waals surface area contributed by atoms with E-state index in [-0.39, 0.29) is 29.8 Å². The highest BCUT2D eigenvalue weighted by Gasteiger charge is 2.38. The first kappa shape index (κ1) is 20.4. The van der Waals surface area contributed by atoms with E-state index in [9.17, 15) is 9.59 Å². The summed E-state index contributed by atoms with van der Waals surface area (Å²) in [5, 5.41) is 4.35. The number of fused-ring (bicyclic) bond motifs is 3. The Morgan fingerprint density at radius 1 is 1.15 bits per heavy atom. The Hall–Kier alpha value is -3.19. The van der Waals surface area contributed by atoms with Crippen LogP contribution in [0.3, 0.4) is 0 Å². The largest absolute Gasteiger partial charge is 0.346 e. The van der Waals surface area contributed by atoms with Gasteiger partial charge in [0.05, 0.1) is 6.04 Å². The number of hydrogen-bond acceptors (Lipinski definition) is 4. The lowest BCUT2D eigenvalue weighted by Gasteiger charge is -2.45. The van der Waals surface area contributed by atoms with Crippen LogP contribution in [-0.2, 0) is 4.79 Å². The molecule has 2 unspecified atom stereocenters. The van der Waals surface area contributed by atoms with Crippen molar-refractivity contribution in [1.29, 1.82) is 0 Å². The third-order valence-corrected chi connectivity index (χ3v) is 7.13. The molecule has 0 spiro atoms. The summed E-state index contributed by atoms with van der Waals surface area (Å²) in [6.07, 6.45) is 11.3. The van der Waals surface area contributed by atoms with Gasteiger partial charge in [-0.1, -0.05) is 17.7 Å². The summed E-state index contributed by atoms with van der Waals surface area (Å²) in [6, 6.07) is 7.52. The van der Waals surface area contributed by atoms with E-state index in [4.69, 9.17) is 11.6 Å². The third kappa shape index (κ3) is 3.80. The van der Waals surface area contributed by atoms with E-state index in [1.54, 1.807) is 18.3 Å². The summed E-state index contributed by atoms with van der Waals surface area (Å²) >= 11 is 6.04. The minimum absolute atomic E-state index is 0.00297. The fourth-order valence-electron chi connectivity index (χ4n) is 5.17. The molecule has 168 valence electrons. The normalized spacial score (nSPS) is 22.2. The maximum atomic E-state index is 13.4. The van der Waals surface area contributed by atoms with Crippen LogP contribution in [0.15, 0.2) is 42.7 Å². The SMILES string of the molecule is O=C(Nc1cc(C2=CC3CCCC(C2)N3C(=O)c2ccnc(Cl)c2)c2cc[nH]c2n1)C1CC1. The highest BCUT2D eigenvalue weighted by atomic mass is 35.5. The van der Waals surface area contributed by atoms with Gasteiger partial charge in [0, 0.05) is 35.3 Å². The highest BCUT2D eigenvalue weighted by Crippen LogP contribution is 2.40. The molecule has 2 aliphatic heterocycles. The van der Waals surface area contributed by atoms with Crippen molar-refractivity contribution in [3.63, 3.8) is 0 Å². The van der Waals surface area contributed by atoms with E-state index < -0.39 is 0 Å². The molecule has 3 aliphatic rings. The Morgan fingerprint density at radius 2 is 2.03 bits per heavy atom. The number of carbonyl (C=O) groups excluding carboxylic acids is 2. The number of rotatable bonds is 4. The predicted octanol–water partition coefficient (Wildman–Crippen LogP) is 4.81. The lowest BCUT2D eigenvalue weighted by atomic mass is 9.82. The summed E-state index contributed by atoms with van der Waals surface area (Å²) in [4.78, 5) is 39.5. The molecule has 1 saturated carbocycles. The van der Waals surface area contributed by atoms with Gasteiger partial charge in [-0.25, -0.2) is 9.97 Å². The maximum Gasteiger partial charge on any atom is 0.254 e. The van der Waals surface area contributed by atoms with Crippen molar-refractivity contribution < 1.29 is 9.59 Å². The summed E-state index contributed by atoms with van der Waals surface area (Å²) in [6.45, 7) is 0. The second-order valence-corrected chi connectivity index (χ2v) is 9.57. The molecule has 2 fully saturated rings. The Labute approximate surface area is 196 Å². The lowest BCUT2D eigenvalue weighted by molar-refractivity contribution is -0.117. The van der Waals surface area contributed by atoms with Gasteiger partial charge in [0.25, 0.3) is 5.91 Å². The molecule has 2 atom stereocenters. The molecule has 1 aliphatic carbocycles. The summed E-state index contributed by atoms with van der Waals surface area (Å²) in [7, 11) is 0. The first-order valence-electron chi connectivity index (χ1n) is 11.5. The quantitative estimate of drug-likeness (QED) is 0.545. The van der Waals surface area contributed by atoms with Gasteiger partial charge in [-0.2, -0.15) is 0 Å². The van der Waals surface area contributed by atoms with Gasteiger partial charge in [0.1, 0.15) is 16.6 Å². The van der Waals surface area contributed by atoms with Crippen molar-refractivity contribution in [3.8, 4) is 0 Å². The molecule has 3 aromatic rings. The predicted molar refractivity (Wildman–Crippen MR) is 127 cm³/mol. The highest BCUT2D eigenvalue weighted by molar-refractivity contribution is 6.29. The summed E-state index contributed by atoms with van der Waals surface area (Å²) in [5.74, 6) is 0.738. The van der Waals surface area contributed by atoms with Gasteiger partial charge in [0.2, 0.25) is 5.91 Å². The molecule has 0 aromatic carbocycles. The number of amides is 2. The Kier molecular flexibility index (Phi) is 4.94. The van der Waals surface area contributed by atoms with Crippen molar-refractivity contribution in [1.82, 2.24) is 19.9 Å². The van der Waals surface area contributed by atoms with E-state index in [1.165, 1.54) is 5.57 Å². The van der Waals surface area contributed by atoms with Gasteiger partial charge in [-0.15, -0.1) is 0 Å². The molecular formula is C25H24ClN5O2. The van der Waals surface area contributed by atoms with Crippen LogP contribution in [0.4, 0.5) is 5.82 Å². The number of piperidine rings is 1. The fourth-order valence-corrected chi connectivity index (χ4v) is 5.35. The minimum Gasteiger partial charge on any atom is -0.346 e. The first-order chi connectivity index (χ1) is 16.1. The number of aromatic nitrogens is 3. The molecule has 2 N–H and O–H groups in total. The number of pyridine rings is 2. The molecule has 6 rings (SSSR count). The number of H-pyrrole nitrogens is 1. The number of aromatic amines is 1. The van der Waals surface area contributed by atoms with E-state index in [2.05, 4.69) is 26.3 Å². The van der Waals surface area contributed by atoms with E-state index in [1.807, 2.05) is 23.2 Å². The smallest absolute Gasteiger partial charge is 0.254 e. The molecule has 33 heavy (non-hydrogen) atoms. The molecule has 1 saturated heterocycles. The summed E-state index contributed by atoms with van der Waals surface area (Å²) < 4.78 is 0. The zero-order chi connectivity index (χ0) is 22.5. The average molecular weight is 462 g/mol. The van der Waals surface area contributed by atoms with Crippen molar-refractivity contribution >= 4 is 45.8 Å². The van der Waals surface area contributed by atoms with Crippen LogP contribution in [0.2, 0.25) is 5.15 Å². The zero-order valence-electron chi connectivity index (χ0n) is 18.1. The van der Waals surface area contributed by atoms with E-state index in [0.29, 0.717) is 16.5 Å². The van der Waals surface area contributed by atoms with Gasteiger partial charge in [-0.3, -0.25) is 9.59 Å². The fraction of sp³-hybridized carbons (Fsp3) is 0.360. The van der Waals surface area contributed by atoms with Gasteiger partial charge < -0.3 is 15.2 Å². The third-order valence-electron chi connectivity index (χ3n) is 6.92. The number of carbonyl (C=O) groups is 2. The van der Waals surface area contributed by atoms with Crippen LogP contribution in [0.25, 0.3) is 16.6 Å². The zero-order valence-corrected chi connectivity index (χ0v) is 18.8. The second kappa shape index (κ2) is 7.99. The number of anilines is 1. The van der Waals surface area contributed by atoms with E-state index >= 15 is 0 Å². The van der Waals surface area contributed by atoms with Crippen LogP contribution in [0.5, 0.6) is 0 Å². The van der Waals surface area contributed by atoms with E-state index in [0.717, 1.165) is 55.1 Å². The van der Waals surface area contributed by atoms with Gasteiger partial charge in [0.15, 0.2) is 0 Å². The Morgan fingerprint density at radius 3 is 2.82 bits per heavy atom. The topological polar surface area (TPSA) is 91.0 Å². The average Bonchev–Trinajstić information content (AvgIpc) is 3.55. The number of hydrogen-bond donors (Lipinski definition) is 2. The van der Waals surface area contributed by atoms with Crippen molar-refractivity contribution in [3.05, 3.63) is 59.0 Å². The molecule has 0 radical (unpaired) electrons. The van der Waals surface area contributed by atoms with Crippen LogP contribution in [0.1, 0.15) is 54.4 Å². The standard InChI is InChI=1S/C25H24ClN5O2/c26-21-12-15(6-8-27-21)25(33)31-17-2-1-3-18(31)11-16(10-17)20-13-22(30-24(32)14-4-5-14)29-23-19(20)7-9-28-23/h6-10,12-14,17-18H,1-5,11H2,(H2,28,29,30,32). The van der Waals surface area contributed by atoms with Crippen molar-refractivity contribution in [2.24, 2.45) is 5.92 Å². The molecule has 2 bridgehead atoms. The number of nitrogens with one attached hydrogen (secondary N) is 2. The molecule has 3 aromatic heterocycles. The molecule has 2 amide bonds. The van der Waals surface area contributed by atoms with Gasteiger partial charge in [-0.05, 0) is 73.9 Å². The Bertz CT molecular complexity index is 1290. The van der Waals surface area contributed by atoms with Crippen LogP contribution in [0, 0.1) is 5.92 Å². The van der Waals surface area contributed by atoms with Crippen LogP contribution in [-0.4, -0.2) is 43.7 Å². The van der Waals surface area contributed by atoms with Crippen molar-refractivity contribution in [2.75, 3.05) is 5.32 Å². The van der Waals surface area contributed by atoms with Crippen LogP contribution >= 0.6 is 11.6 Å². The maximum absolute atomic E-state index is 13.4. The molecule has 7 nitrogen and oxygen atoms in total. The monoisotopic (exact) mass is 461 g/mol. The van der Waals surface area contributed by atoms with Crippen LogP contribution < -0.4 is 5.32 Å². The first-order valence-corrected chi connectivity index (χ1v) is 11.9. The van der Waals surface area contributed by atoms with Gasteiger partial charge >= 0.3 is 0 Å².